The Hall–Kier alpha value is -5.06. The highest BCUT2D eigenvalue weighted by Crippen LogP contribution is 2.31. The maximum absolute atomic E-state index is 13.3. The Morgan fingerprint density at radius 1 is 1.00 bits per heavy atom. The Morgan fingerprint density at radius 2 is 1.79 bits per heavy atom. The van der Waals surface area contributed by atoms with Crippen molar-refractivity contribution in [3.63, 3.8) is 0 Å². The smallest absolute Gasteiger partial charge is 0.282 e. The molecule has 1 aliphatic heterocycles. The molecule has 0 radical (unpaired) electrons. The van der Waals surface area contributed by atoms with Crippen molar-refractivity contribution in [3.8, 4) is 22.5 Å². The van der Waals surface area contributed by atoms with Gasteiger partial charge >= 0.3 is 0 Å². The number of benzene rings is 2. The van der Waals surface area contributed by atoms with Gasteiger partial charge in [-0.3, -0.25) is 9.89 Å². The van der Waals surface area contributed by atoms with Crippen molar-refractivity contribution in [2.75, 3.05) is 18.4 Å². The lowest BCUT2D eigenvalue weighted by Crippen LogP contribution is -2.58. The molecule has 39 heavy (non-hydrogen) atoms. The Morgan fingerprint density at radius 3 is 2.54 bits per heavy atom. The number of likely N-dealkylation sites (tertiary alicyclic amines) is 1. The van der Waals surface area contributed by atoms with Crippen molar-refractivity contribution in [1.82, 2.24) is 34.3 Å². The highest BCUT2D eigenvalue weighted by molar-refractivity contribution is 6.00. The summed E-state index contributed by atoms with van der Waals surface area (Å²) in [5.74, 6) is -2.08. The highest BCUT2D eigenvalue weighted by atomic mass is 19.3. The van der Waals surface area contributed by atoms with Gasteiger partial charge in [0, 0.05) is 47.2 Å². The van der Waals surface area contributed by atoms with E-state index in [2.05, 4.69) is 20.6 Å². The largest absolute Gasteiger partial charge is 0.340 e. The van der Waals surface area contributed by atoms with Crippen LogP contribution in [0.25, 0.3) is 38.9 Å². The van der Waals surface area contributed by atoms with Gasteiger partial charge in [0.2, 0.25) is 0 Å². The molecule has 11 heteroatoms. The van der Waals surface area contributed by atoms with E-state index in [1.54, 1.807) is 28.4 Å². The van der Waals surface area contributed by atoms with Crippen LogP contribution >= 0.6 is 0 Å². The van der Waals surface area contributed by atoms with E-state index in [0.29, 0.717) is 17.3 Å². The molecule has 0 spiro atoms. The number of alkyl halides is 2. The van der Waals surface area contributed by atoms with E-state index in [9.17, 15) is 13.6 Å². The maximum Gasteiger partial charge on any atom is 0.282 e. The lowest BCUT2D eigenvalue weighted by atomic mass is 10.1. The second-order valence-electron chi connectivity index (χ2n) is 9.69. The number of halogens is 2. The second-order valence-corrected chi connectivity index (χ2v) is 9.69. The van der Waals surface area contributed by atoms with Crippen molar-refractivity contribution < 1.29 is 13.6 Å². The summed E-state index contributed by atoms with van der Waals surface area (Å²) in [5.41, 5.74) is 5.63. The standard InChI is InChI=1S/C28H22F2N8O/c1-36-23-12-19(5-4-18(23)11-24(36)27(39)37-15-28(29,30)16-37)25-34-26(22-3-2-10-38(22)35-25)33-21-8-6-17(7-9-21)20-13-31-32-14-20/h2-14H,15-16H2,1H3,(H,31,32)(H,33,34,35). The molecule has 0 bridgehead atoms. The van der Waals surface area contributed by atoms with E-state index in [4.69, 9.17) is 4.98 Å². The first-order valence-electron chi connectivity index (χ1n) is 12.3. The number of aromatic nitrogens is 6. The predicted octanol–water partition coefficient (Wildman–Crippen LogP) is 5.11. The van der Waals surface area contributed by atoms with E-state index in [-0.39, 0.29) is 0 Å². The van der Waals surface area contributed by atoms with Crippen LogP contribution in [0.15, 0.2) is 79.3 Å². The number of nitrogens with one attached hydrogen (secondary N) is 2. The minimum absolute atomic E-state index is 0.362. The monoisotopic (exact) mass is 524 g/mol. The molecule has 1 amide bonds. The predicted molar refractivity (Wildman–Crippen MR) is 143 cm³/mol. The fourth-order valence-electron chi connectivity index (χ4n) is 4.93. The third kappa shape index (κ3) is 3.99. The summed E-state index contributed by atoms with van der Waals surface area (Å²) in [4.78, 5) is 18.8. The van der Waals surface area contributed by atoms with Crippen LogP contribution in [0.5, 0.6) is 0 Å². The number of amides is 1. The van der Waals surface area contributed by atoms with E-state index < -0.39 is 24.9 Å². The van der Waals surface area contributed by atoms with Crippen molar-refractivity contribution >= 4 is 33.8 Å². The van der Waals surface area contributed by atoms with Gasteiger partial charge in [0.05, 0.1) is 19.3 Å². The van der Waals surface area contributed by atoms with Crippen LogP contribution in [0, 0.1) is 0 Å². The van der Waals surface area contributed by atoms with Gasteiger partial charge in [-0.15, -0.1) is 5.10 Å². The van der Waals surface area contributed by atoms with E-state index in [1.165, 1.54) is 0 Å². The van der Waals surface area contributed by atoms with Gasteiger partial charge in [-0.25, -0.2) is 18.3 Å². The van der Waals surface area contributed by atoms with Gasteiger partial charge in [-0.05, 0) is 42.0 Å². The Bertz CT molecular complexity index is 1850. The van der Waals surface area contributed by atoms with Crippen molar-refractivity contribution in [1.29, 1.82) is 0 Å². The van der Waals surface area contributed by atoms with E-state index >= 15 is 0 Å². The van der Waals surface area contributed by atoms with Gasteiger partial charge < -0.3 is 14.8 Å². The quantitative estimate of drug-likeness (QED) is 0.327. The summed E-state index contributed by atoms with van der Waals surface area (Å²) in [6, 6.07) is 19.2. The zero-order chi connectivity index (χ0) is 26.7. The number of H-pyrrole nitrogens is 1. The SMILES string of the molecule is Cn1c(C(=O)N2CC(F)(F)C2)cc2ccc(-c3nc(Nc4ccc(-c5cn[nH]c5)cc4)c4cccn4n3)cc21. The number of carbonyl (C=O) groups excluding carboxylic acids is 1. The van der Waals surface area contributed by atoms with Crippen LogP contribution in [-0.2, 0) is 7.05 Å². The third-order valence-corrected chi connectivity index (χ3v) is 7.02. The fraction of sp³-hybridized carbons (Fsp3) is 0.143. The molecule has 0 unspecified atom stereocenters. The molecule has 9 nitrogen and oxygen atoms in total. The summed E-state index contributed by atoms with van der Waals surface area (Å²) in [5, 5.41) is 15.7. The fourth-order valence-corrected chi connectivity index (χ4v) is 4.93. The molecule has 5 heterocycles. The molecule has 6 aromatic rings. The zero-order valence-corrected chi connectivity index (χ0v) is 20.8. The third-order valence-electron chi connectivity index (χ3n) is 7.02. The van der Waals surface area contributed by atoms with E-state index in [1.807, 2.05) is 67.0 Å². The highest BCUT2D eigenvalue weighted by Gasteiger charge is 2.46. The van der Waals surface area contributed by atoms with Gasteiger partial charge in [0.15, 0.2) is 11.6 Å². The van der Waals surface area contributed by atoms with Crippen LogP contribution in [0.4, 0.5) is 20.3 Å². The molecule has 0 aliphatic carbocycles. The zero-order valence-electron chi connectivity index (χ0n) is 20.8. The summed E-state index contributed by atoms with van der Waals surface area (Å²) in [6.07, 6.45) is 5.47. The van der Waals surface area contributed by atoms with Crippen molar-refractivity contribution in [3.05, 3.63) is 84.9 Å². The van der Waals surface area contributed by atoms with Crippen molar-refractivity contribution in [2.45, 2.75) is 5.92 Å². The number of anilines is 2. The topological polar surface area (TPSA) is 96.1 Å². The van der Waals surface area contributed by atoms with Gasteiger partial charge in [0.1, 0.15) is 11.2 Å². The first-order chi connectivity index (χ1) is 18.8. The normalized spacial score (nSPS) is 14.6. The molecule has 4 aromatic heterocycles. The minimum Gasteiger partial charge on any atom is -0.340 e. The first kappa shape index (κ1) is 23.1. The van der Waals surface area contributed by atoms with Crippen LogP contribution in [0.3, 0.4) is 0 Å². The first-order valence-corrected chi connectivity index (χ1v) is 12.3. The van der Waals surface area contributed by atoms with Gasteiger partial charge in [-0.1, -0.05) is 24.3 Å². The molecule has 1 aliphatic rings. The van der Waals surface area contributed by atoms with Crippen LogP contribution in [0.1, 0.15) is 10.5 Å². The van der Waals surface area contributed by atoms with Gasteiger partial charge in [0.25, 0.3) is 11.8 Å². The number of carbonyl (C=O) groups is 1. The number of hydrogen-bond acceptors (Lipinski definition) is 5. The number of nitrogens with zero attached hydrogens (tertiary/aromatic N) is 6. The second kappa shape index (κ2) is 8.48. The van der Waals surface area contributed by atoms with Crippen LogP contribution in [0.2, 0.25) is 0 Å². The summed E-state index contributed by atoms with van der Waals surface area (Å²) < 4.78 is 30.1. The summed E-state index contributed by atoms with van der Waals surface area (Å²) in [6.45, 7) is -1.10. The molecule has 0 atom stereocenters. The average Bonchev–Trinajstić information content (AvgIpc) is 3.68. The molecule has 2 N–H and O–H groups in total. The molecule has 1 fully saturated rings. The molecular weight excluding hydrogens is 502 g/mol. The van der Waals surface area contributed by atoms with Gasteiger partial charge in [-0.2, -0.15) is 5.10 Å². The molecule has 1 saturated heterocycles. The number of hydrogen-bond donors (Lipinski definition) is 2. The number of aryl methyl sites for hydroxylation is 1. The average molecular weight is 525 g/mol. The minimum atomic E-state index is -2.81. The maximum atomic E-state index is 13.3. The molecule has 194 valence electrons. The summed E-state index contributed by atoms with van der Waals surface area (Å²) in [7, 11) is 1.76. The lowest BCUT2D eigenvalue weighted by molar-refractivity contribution is -0.113. The molecule has 2 aromatic carbocycles. The molecule has 0 saturated carbocycles. The van der Waals surface area contributed by atoms with Crippen molar-refractivity contribution in [2.24, 2.45) is 7.05 Å². The molecule has 7 rings (SSSR count). The molecular formula is C28H22F2N8O. The Balaban J connectivity index is 1.22. The Kier molecular flexibility index (Phi) is 5.02. The van der Waals surface area contributed by atoms with Crippen LogP contribution in [-0.4, -0.2) is 59.2 Å². The van der Waals surface area contributed by atoms with E-state index in [0.717, 1.165) is 43.7 Å². The number of aromatic amines is 1. The number of rotatable bonds is 5. The lowest BCUT2D eigenvalue weighted by Gasteiger charge is -2.38. The number of fused-ring (bicyclic) bond motifs is 2. The summed E-state index contributed by atoms with van der Waals surface area (Å²) >= 11 is 0. The van der Waals surface area contributed by atoms with Crippen LogP contribution < -0.4 is 5.32 Å². The Labute approximate surface area is 220 Å².